The number of aliphatic hydroxyl groups excluding tert-OH is 1. The Bertz CT molecular complexity index is 1500. The van der Waals surface area contributed by atoms with Crippen molar-refractivity contribution in [1.82, 2.24) is 4.98 Å². The highest BCUT2D eigenvalue weighted by Crippen LogP contribution is 2.50. The quantitative estimate of drug-likeness (QED) is 0.279. The van der Waals surface area contributed by atoms with Gasteiger partial charge in [0, 0.05) is 22.2 Å². The normalized spacial score (nSPS) is 24.4. The number of pyridine rings is 1. The lowest BCUT2D eigenvalue weighted by molar-refractivity contribution is -0.122. The summed E-state index contributed by atoms with van der Waals surface area (Å²) in [6.45, 7) is 0.165. The Balaban J connectivity index is 1.28. The summed E-state index contributed by atoms with van der Waals surface area (Å²) >= 11 is 3.48. The van der Waals surface area contributed by atoms with Crippen LogP contribution in [0.1, 0.15) is 30.5 Å². The summed E-state index contributed by atoms with van der Waals surface area (Å²) in [5.74, 6) is -1.45. The zero-order chi connectivity index (χ0) is 27.8. The minimum atomic E-state index is -0.493. The number of nitrogens with zero attached hydrogens (tertiary/aromatic N) is 2. The van der Waals surface area contributed by atoms with Gasteiger partial charge in [0.1, 0.15) is 5.75 Å². The van der Waals surface area contributed by atoms with Crippen molar-refractivity contribution in [1.29, 1.82) is 0 Å². The van der Waals surface area contributed by atoms with E-state index in [2.05, 4.69) is 20.9 Å². The fraction of sp³-hybridized carbons (Fsp3) is 0.281. The molecule has 0 bridgehead atoms. The van der Waals surface area contributed by atoms with Crippen molar-refractivity contribution in [2.45, 2.75) is 25.4 Å². The standard InChI is InChI=1S/C32H29BrN2O5/c33-22-10-11-27(37)20(15-22)14-19(26-8-4-5-13-34-26)9-12-28-29-21(17-36)16-24-30(25(29)18-40-28)32(39)35(31(24)38)23-6-2-1-3-7-23/h1-8,10-11,13-15,24-25,28,30,36-37H,9,12,16-18H2/b19-14-/t24-,25+,28-,30-/m1/s1. The molecule has 6 rings (SSSR count). The Labute approximate surface area is 240 Å². The van der Waals surface area contributed by atoms with Gasteiger partial charge in [-0.25, -0.2) is 0 Å². The number of aliphatic hydroxyl groups is 1. The number of amides is 2. The summed E-state index contributed by atoms with van der Waals surface area (Å²) in [4.78, 5) is 32.9. The van der Waals surface area contributed by atoms with Gasteiger partial charge in [-0.2, -0.15) is 0 Å². The smallest absolute Gasteiger partial charge is 0.238 e. The van der Waals surface area contributed by atoms with Crippen LogP contribution in [0.25, 0.3) is 11.6 Å². The summed E-state index contributed by atoms with van der Waals surface area (Å²) in [6.07, 6.45) is 4.94. The third-order valence-electron chi connectivity index (χ3n) is 8.20. The van der Waals surface area contributed by atoms with E-state index in [4.69, 9.17) is 4.74 Å². The molecule has 8 heteroatoms. The van der Waals surface area contributed by atoms with Gasteiger partial charge in [0.15, 0.2) is 0 Å². The monoisotopic (exact) mass is 600 g/mol. The number of anilines is 1. The second-order valence-electron chi connectivity index (χ2n) is 10.5. The van der Waals surface area contributed by atoms with E-state index >= 15 is 0 Å². The van der Waals surface area contributed by atoms with Gasteiger partial charge in [-0.05, 0) is 84.5 Å². The van der Waals surface area contributed by atoms with Gasteiger partial charge in [-0.15, -0.1) is 0 Å². The van der Waals surface area contributed by atoms with Crippen molar-refractivity contribution < 1.29 is 24.5 Å². The second kappa shape index (κ2) is 11.1. The Morgan fingerprint density at radius 2 is 1.85 bits per heavy atom. The van der Waals surface area contributed by atoms with Gasteiger partial charge in [0.2, 0.25) is 11.8 Å². The van der Waals surface area contributed by atoms with Gasteiger partial charge in [-0.1, -0.05) is 40.2 Å². The van der Waals surface area contributed by atoms with Gasteiger partial charge < -0.3 is 14.9 Å². The summed E-state index contributed by atoms with van der Waals surface area (Å²) in [6, 6.07) is 20.0. The predicted octanol–water partition coefficient (Wildman–Crippen LogP) is 5.38. The number of phenolic OH excluding ortho intramolecular Hbond substituents is 1. The fourth-order valence-corrected chi connectivity index (χ4v) is 6.77. The van der Waals surface area contributed by atoms with E-state index in [1.54, 1.807) is 30.5 Å². The molecule has 0 saturated carbocycles. The first-order valence-electron chi connectivity index (χ1n) is 13.4. The number of allylic oxidation sites excluding steroid dienone is 1. The molecule has 4 atom stereocenters. The number of imide groups is 1. The number of benzene rings is 2. The summed E-state index contributed by atoms with van der Waals surface area (Å²) in [5, 5.41) is 20.8. The van der Waals surface area contributed by atoms with Gasteiger partial charge in [0.05, 0.1) is 42.5 Å². The average Bonchev–Trinajstić information content (AvgIpc) is 3.51. The molecule has 0 spiro atoms. The largest absolute Gasteiger partial charge is 0.507 e. The number of ether oxygens (including phenoxy) is 1. The maximum Gasteiger partial charge on any atom is 0.238 e. The molecule has 40 heavy (non-hydrogen) atoms. The first-order valence-corrected chi connectivity index (χ1v) is 14.2. The van der Waals surface area contributed by atoms with Crippen molar-refractivity contribution in [3.8, 4) is 5.75 Å². The molecular formula is C32H29BrN2O5. The molecule has 0 radical (unpaired) electrons. The molecule has 2 saturated heterocycles. The van der Waals surface area contributed by atoms with Gasteiger partial charge in [0.25, 0.3) is 0 Å². The van der Waals surface area contributed by atoms with Crippen LogP contribution >= 0.6 is 15.9 Å². The number of rotatable bonds is 7. The molecule has 2 aromatic carbocycles. The first kappa shape index (κ1) is 26.6. The first-order chi connectivity index (χ1) is 19.5. The van der Waals surface area contributed by atoms with Crippen LogP contribution in [-0.4, -0.2) is 46.3 Å². The SMILES string of the molecule is O=C1[C@@H]2[C@@H](CC(CO)=C3[C@@H](CC/C(=C/c4cc(Br)ccc4O)c4ccccn4)OC[C@@H]32)C(=O)N1c1ccccc1. The Morgan fingerprint density at radius 3 is 2.60 bits per heavy atom. The molecular weight excluding hydrogens is 572 g/mol. The number of aromatic nitrogens is 1. The van der Waals surface area contributed by atoms with Crippen molar-refractivity contribution in [2.24, 2.45) is 17.8 Å². The second-order valence-corrected chi connectivity index (χ2v) is 11.4. The summed E-state index contributed by atoms with van der Waals surface area (Å²) in [7, 11) is 0. The number of fused-ring (bicyclic) bond motifs is 3. The average molecular weight is 601 g/mol. The van der Waals surface area contributed by atoms with Crippen molar-refractivity contribution in [2.75, 3.05) is 18.1 Å². The molecule has 0 unspecified atom stereocenters. The molecule has 3 aliphatic rings. The molecule has 2 aliphatic heterocycles. The highest BCUT2D eigenvalue weighted by molar-refractivity contribution is 9.10. The molecule has 2 N–H and O–H groups in total. The van der Waals surface area contributed by atoms with E-state index in [1.807, 2.05) is 48.5 Å². The number of halogens is 1. The number of para-hydroxylation sites is 1. The Hall–Kier alpha value is -3.59. The number of aromatic hydroxyl groups is 1. The molecule has 3 heterocycles. The third kappa shape index (κ3) is 4.80. The minimum absolute atomic E-state index is 0.170. The highest BCUT2D eigenvalue weighted by atomic mass is 79.9. The Kier molecular flexibility index (Phi) is 7.40. The number of phenols is 1. The van der Waals surface area contributed by atoms with E-state index in [0.717, 1.165) is 26.9 Å². The zero-order valence-electron chi connectivity index (χ0n) is 21.7. The van der Waals surface area contributed by atoms with E-state index in [0.29, 0.717) is 37.1 Å². The predicted molar refractivity (Wildman–Crippen MR) is 155 cm³/mol. The lowest BCUT2D eigenvalue weighted by Crippen LogP contribution is -2.35. The van der Waals surface area contributed by atoms with Crippen LogP contribution in [0.15, 0.2) is 88.5 Å². The summed E-state index contributed by atoms with van der Waals surface area (Å²) < 4.78 is 7.14. The van der Waals surface area contributed by atoms with Crippen molar-refractivity contribution in [3.05, 3.63) is 99.8 Å². The van der Waals surface area contributed by atoms with Gasteiger partial charge in [-0.3, -0.25) is 19.5 Å². The number of carbonyl (C=O) groups excluding carboxylic acids is 2. The lowest BCUT2D eigenvalue weighted by Gasteiger charge is -2.31. The van der Waals surface area contributed by atoms with Crippen molar-refractivity contribution >= 4 is 45.1 Å². The van der Waals surface area contributed by atoms with Crippen molar-refractivity contribution in [3.63, 3.8) is 0 Å². The van der Waals surface area contributed by atoms with Crippen LogP contribution in [0.2, 0.25) is 0 Å². The Morgan fingerprint density at radius 1 is 1.05 bits per heavy atom. The molecule has 204 valence electrons. The molecule has 2 amide bonds. The van der Waals surface area contributed by atoms with Crippen LogP contribution < -0.4 is 4.90 Å². The summed E-state index contributed by atoms with van der Waals surface area (Å²) in [5.41, 5.74) is 4.75. The molecule has 1 aliphatic carbocycles. The van der Waals surface area contributed by atoms with Crippen LogP contribution in [-0.2, 0) is 14.3 Å². The maximum absolute atomic E-state index is 13.6. The number of hydrogen-bond acceptors (Lipinski definition) is 6. The van der Waals surface area contributed by atoms with Gasteiger partial charge >= 0.3 is 0 Å². The van der Waals surface area contributed by atoms with Crippen LogP contribution in [0.4, 0.5) is 5.69 Å². The third-order valence-corrected chi connectivity index (χ3v) is 8.70. The maximum atomic E-state index is 13.6. The van der Waals surface area contributed by atoms with Crippen LogP contribution in [0, 0.1) is 17.8 Å². The molecule has 3 aromatic rings. The topological polar surface area (TPSA) is 100.0 Å². The molecule has 2 fully saturated rings. The number of hydrogen-bond donors (Lipinski definition) is 2. The fourth-order valence-electron chi connectivity index (χ4n) is 6.39. The van der Waals surface area contributed by atoms with E-state index < -0.39 is 11.8 Å². The zero-order valence-corrected chi connectivity index (χ0v) is 23.3. The van der Waals surface area contributed by atoms with Crippen LogP contribution in [0.5, 0.6) is 5.75 Å². The highest BCUT2D eigenvalue weighted by Gasteiger charge is 2.57. The van der Waals surface area contributed by atoms with E-state index in [1.165, 1.54) is 4.90 Å². The number of carbonyl (C=O) groups is 2. The van der Waals surface area contributed by atoms with E-state index in [9.17, 15) is 19.8 Å². The lowest BCUT2D eigenvalue weighted by atomic mass is 9.69. The molecule has 7 nitrogen and oxygen atoms in total. The van der Waals surface area contributed by atoms with Crippen LogP contribution in [0.3, 0.4) is 0 Å². The molecule has 1 aromatic heterocycles. The van der Waals surface area contributed by atoms with E-state index in [-0.39, 0.29) is 36.2 Å². The minimum Gasteiger partial charge on any atom is -0.507 e.